The van der Waals surface area contributed by atoms with Gasteiger partial charge in [-0.25, -0.2) is 0 Å². The topological polar surface area (TPSA) is 20.3 Å². The van der Waals surface area contributed by atoms with Crippen molar-refractivity contribution in [2.24, 2.45) is 0 Å². The van der Waals surface area contributed by atoms with E-state index in [4.69, 9.17) is 11.6 Å². The highest BCUT2D eigenvalue weighted by molar-refractivity contribution is 9.10. The van der Waals surface area contributed by atoms with Crippen LogP contribution in [0.25, 0.3) is 0 Å². The first-order chi connectivity index (χ1) is 7.41. The number of benzene rings is 1. The Labute approximate surface area is 110 Å². The second kappa shape index (κ2) is 5.69. The van der Waals surface area contributed by atoms with Crippen molar-refractivity contribution in [2.45, 2.75) is 19.2 Å². The van der Waals surface area contributed by atoms with E-state index in [9.17, 15) is 4.79 Å². The van der Waals surface area contributed by atoms with Crippen LogP contribution in [0.5, 0.6) is 0 Å². The van der Waals surface area contributed by atoms with E-state index < -0.39 is 0 Å². The van der Waals surface area contributed by atoms with Crippen molar-refractivity contribution < 1.29 is 4.79 Å². The third-order valence-corrected chi connectivity index (χ3v) is 3.05. The molecular weight excluding hydrogens is 289 g/mol. The molecule has 0 N–H and O–H groups in total. The van der Waals surface area contributed by atoms with Gasteiger partial charge in [0.1, 0.15) is 0 Å². The number of hydrogen-bond acceptors (Lipinski definition) is 1. The van der Waals surface area contributed by atoms with E-state index in [1.54, 1.807) is 11.9 Å². The van der Waals surface area contributed by atoms with Crippen LogP contribution < -0.4 is 0 Å². The summed E-state index contributed by atoms with van der Waals surface area (Å²) >= 11 is 9.25. The van der Waals surface area contributed by atoms with Gasteiger partial charge in [-0.05, 0) is 41.9 Å². The van der Waals surface area contributed by atoms with Crippen molar-refractivity contribution in [2.75, 3.05) is 13.6 Å². The third kappa shape index (κ3) is 3.49. The summed E-state index contributed by atoms with van der Waals surface area (Å²) in [6, 6.07) is 5.73. The number of carbonyl (C=O) groups is 1. The zero-order valence-corrected chi connectivity index (χ0v) is 12.0. The fourth-order valence-corrected chi connectivity index (χ4v) is 2.09. The Morgan fingerprint density at radius 1 is 1.56 bits per heavy atom. The van der Waals surface area contributed by atoms with Crippen LogP contribution in [0.3, 0.4) is 0 Å². The number of amides is 1. The average molecular weight is 305 g/mol. The molecule has 1 aromatic rings. The molecule has 0 radical (unpaired) electrons. The second-order valence-corrected chi connectivity index (χ2v) is 5.55. The monoisotopic (exact) mass is 303 g/mol. The molecule has 0 spiro atoms. The van der Waals surface area contributed by atoms with Crippen LogP contribution in [0, 0.1) is 6.92 Å². The van der Waals surface area contributed by atoms with Gasteiger partial charge in [-0.3, -0.25) is 4.79 Å². The molecule has 0 fully saturated rings. The predicted octanol–water partition coefficient (Wildman–Crippen LogP) is 3.46. The van der Waals surface area contributed by atoms with Crippen LogP contribution in [-0.4, -0.2) is 29.8 Å². The molecule has 1 atom stereocenters. The van der Waals surface area contributed by atoms with Gasteiger partial charge < -0.3 is 4.90 Å². The van der Waals surface area contributed by atoms with E-state index >= 15 is 0 Å². The third-order valence-electron chi connectivity index (χ3n) is 2.22. The number of aryl methyl sites for hydroxylation is 1. The molecule has 0 saturated carbocycles. The van der Waals surface area contributed by atoms with Gasteiger partial charge in [0.25, 0.3) is 5.91 Å². The summed E-state index contributed by atoms with van der Waals surface area (Å²) in [4.78, 5) is 13.7. The molecule has 88 valence electrons. The molecule has 1 rings (SSSR count). The highest BCUT2D eigenvalue weighted by Crippen LogP contribution is 2.19. The first kappa shape index (κ1) is 13.5. The molecule has 16 heavy (non-hydrogen) atoms. The molecule has 0 bridgehead atoms. The second-order valence-electron chi connectivity index (χ2n) is 3.95. The summed E-state index contributed by atoms with van der Waals surface area (Å²) in [5.41, 5.74) is 1.75. The van der Waals surface area contributed by atoms with Gasteiger partial charge >= 0.3 is 0 Å². The highest BCUT2D eigenvalue weighted by Gasteiger charge is 2.16. The minimum absolute atomic E-state index is 0.0110. The smallest absolute Gasteiger partial charge is 0.254 e. The van der Waals surface area contributed by atoms with Gasteiger partial charge in [0.2, 0.25) is 0 Å². The Morgan fingerprint density at radius 3 is 2.75 bits per heavy atom. The standard InChI is InChI=1S/C12H15BrClNO/c1-8-4-5-11(13)10(6-8)12(16)15(3)7-9(2)14/h4-6,9H,7H2,1-3H3. The Kier molecular flexibility index (Phi) is 4.81. The van der Waals surface area contributed by atoms with Crippen LogP contribution in [-0.2, 0) is 0 Å². The van der Waals surface area contributed by atoms with Crippen molar-refractivity contribution >= 4 is 33.4 Å². The quantitative estimate of drug-likeness (QED) is 0.783. The lowest BCUT2D eigenvalue weighted by Crippen LogP contribution is -2.31. The van der Waals surface area contributed by atoms with E-state index in [0.717, 1.165) is 10.0 Å². The average Bonchev–Trinajstić information content (AvgIpc) is 2.19. The SMILES string of the molecule is Cc1ccc(Br)c(C(=O)N(C)CC(C)Cl)c1. The zero-order chi connectivity index (χ0) is 12.3. The molecule has 0 aliphatic rings. The van der Waals surface area contributed by atoms with E-state index in [2.05, 4.69) is 15.9 Å². The predicted molar refractivity (Wildman–Crippen MR) is 71.2 cm³/mol. The number of alkyl halides is 1. The van der Waals surface area contributed by atoms with Crippen LogP contribution in [0.4, 0.5) is 0 Å². The molecule has 1 amide bonds. The lowest BCUT2D eigenvalue weighted by atomic mass is 10.1. The molecule has 1 aromatic carbocycles. The lowest BCUT2D eigenvalue weighted by molar-refractivity contribution is 0.0795. The molecule has 1 unspecified atom stereocenters. The summed E-state index contributed by atoms with van der Waals surface area (Å²) in [5.74, 6) is -0.0110. The van der Waals surface area contributed by atoms with Crippen molar-refractivity contribution in [1.82, 2.24) is 4.90 Å². The van der Waals surface area contributed by atoms with Gasteiger partial charge in [-0.2, -0.15) is 0 Å². The van der Waals surface area contributed by atoms with Gasteiger partial charge in [0, 0.05) is 23.4 Å². The van der Waals surface area contributed by atoms with Crippen molar-refractivity contribution in [3.63, 3.8) is 0 Å². The number of halogens is 2. The van der Waals surface area contributed by atoms with Gasteiger partial charge in [0.05, 0.1) is 5.56 Å². The number of hydrogen-bond donors (Lipinski definition) is 0. The van der Waals surface area contributed by atoms with Crippen molar-refractivity contribution in [3.8, 4) is 0 Å². The summed E-state index contributed by atoms with van der Waals surface area (Å²) in [5, 5.41) is -0.0439. The molecule has 0 aliphatic heterocycles. The van der Waals surface area contributed by atoms with Crippen LogP contribution in [0.2, 0.25) is 0 Å². The fourth-order valence-electron chi connectivity index (χ4n) is 1.47. The lowest BCUT2D eigenvalue weighted by Gasteiger charge is -2.19. The molecule has 2 nitrogen and oxygen atoms in total. The molecule has 0 aliphatic carbocycles. The molecule has 4 heteroatoms. The van der Waals surface area contributed by atoms with Crippen LogP contribution >= 0.6 is 27.5 Å². The first-order valence-corrected chi connectivity index (χ1v) is 6.30. The summed E-state index contributed by atoms with van der Waals surface area (Å²) in [6.07, 6.45) is 0. The fraction of sp³-hybridized carbons (Fsp3) is 0.417. The molecular formula is C12H15BrClNO. The van der Waals surface area contributed by atoms with Crippen LogP contribution in [0.15, 0.2) is 22.7 Å². The highest BCUT2D eigenvalue weighted by atomic mass is 79.9. The minimum Gasteiger partial charge on any atom is -0.340 e. The Hall–Kier alpha value is -0.540. The summed E-state index contributed by atoms with van der Waals surface area (Å²) in [6.45, 7) is 4.38. The maximum Gasteiger partial charge on any atom is 0.254 e. The molecule has 0 saturated heterocycles. The van der Waals surface area contributed by atoms with E-state index in [-0.39, 0.29) is 11.3 Å². The summed E-state index contributed by atoms with van der Waals surface area (Å²) in [7, 11) is 1.76. The van der Waals surface area contributed by atoms with Crippen molar-refractivity contribution in [3.05, 3.63) is 33.8 Å². The van der Waals surface area contributed by atoms with E-state index in [1.165, 1.54) is 0 Å². The number of rotatable bonds is 3. The normalized spacial score (nSPS) is 12.3. The maximum atomic E-state index is 12.1. The number of carbonyl (C=O) groups excluding carboxylic acids is 1. The Balaban J connectivity index is 2.91. The zero-order valence-electron chi connectivity index (χ0n) is 9.63. The minimum atomic E-state index is -0.0439. The van der Waals surface area contributed by atoms with Gasteiger partial charge in [0.15, 0.2) is 0 Å². The Morgan fingerprint density at radius 2 is 2.19 bits per heavy atom. The maximum absolute atomic E-state index is 12.1. The van der Waals surface area contributed by atoms with E-state index in [0.29, 0.717) is 12.1 Å². The number of nitrogens with zero attached hydrogens (tertiary/aromatic N) is 1. The first-order valence-electron chi connectivity index (χ1n) is 5.07. The Bertz CT molecular complexity index is 393. The van der Waals surface area contributed by atoms with Gasteiger partial charge in [-0.15, -0.1) is 11.6 Å². The van der Waals surface area contributed by atoms with Crippen molar-refractivity contribution in [1.29, 1.82) is 0 Å². The molecule has 0 heterocycles. The van der Waals surface area contributed by atoms with Crippen LogP contribution in [0.1, 0.15) is 22.8 Å². The largest absolute Gasteiger partial charge is 0.340 e. The summed E-state index contributed by atoms with van der Waals surface area (Å²) < 4.78 is 0.817. The van der Waals surface area contributed by atoms with Gasteiger partial charge in [-0.1, -0.05) is 11.6 Å². The molecule has 0 aromatic heterocycles. The van der Waals surface area contributed by atoms with E-state index in [1.807, 2.05) is 32.0 Å².